The van der Waals surface area contributed by atoms with Crippen LogP contribution in [0.3, 0.4) is 0 Å². The Balaban J connectivity index is 0.00000312. The van der Waals surface area contributed by atoms with E-state index in [1.54, 1.807) is 14.2 Å². The van der Waals surface area contributed by atoms with E-state index in [1.807, 2.05) is 18.5 Å². The molecule has 7 heteroatoms. The van der Waals surface area contributed by atoms with Crippen LogP contribution < -0.4 is 10.6 Å². The molecule has 25 heavy (non-hydrogen) atoms. The molecule has 0 saturated carbocycles. The molecule has 1 aromatic carbocycles. The lowest BCUT2D eigenvalue weighted by atomic mass is 10.2. The molecule has 1 atom stereocenters. The Hall–Kier alpha value is -1.61. The summed E-state index contributed by atoms with van der Waals surface area (Å²) in [5, 5.41) is 6.61. The van der Waals surface area contributed by atoms with Crippen LogP contribution in [0.25, 0.3) is 0 Å². The third-order valence-electron chi connectivity index (χ3n) is 3.66. The highest BCUT2D eigenvalue weighted by Crippen LogP contribution is 2.05. The van der Waals surface area contributed by atoms with Crippen LogP contribution in [0, 0.1) is 0 Å². The van der Waals surface area contributed by atoms with Crippen molar-refractivity contribution in [1.29, 1.82) is 0 Å². The molecule has 6 nitrogen and oxygen atoms in total. The molecule has 1 aromatic heterocycles. The second-order valence-corrected chi connectivity index (χ2v) is 5.71. The van der Waals surface area contributed by atoms with Gasteiger partial charge in [-0.05, 0) is 12.5 Å². The summed E-state index contributed by atoms with van der Waals surface area (Å²) in [6, 6.07) is 10.6. The summed E-state index contributed by atoms with van der Waals surface area (Å²) in [7, 11) is 3.46. The monoisotopic (exact) mass is 457 g/mol. The van der Waals surface area contributed by atoms with Gasteiger partial charge in [0.15, 0.2) is 5.96 Å². The van der Waals surface area contributed by atoms with Crippen LogP contribution >= 0.6 is 24.0 Å². The highest BCUT2D eigenvalue weighted by Gasteiger charge is 2.06. The van der Waals surface area contributed by atoms with Crippen LogP contribution in [-0.4, -0.2) is 48.9 Å². The van der Waals surface area contributed by atoms with Crippen molar-refractivity contribution in [3.63, 3.8) is 0 Å². The molecular formula is C18H28IN5O. The summed E-state index contributed by atoms with van der Waals surface area (Å²) in [4.78, 5) is 8.70. The quantitative estimate of drug-likeness (QED) is 0.363. The number of aliphatic imine (C=N–C) groups is 1. The van der Waals surface area contributed by atoms with Crippen molar-refractivity contribution in [2.24, 2.45) is 4.99 Å². The van der Waals surface area contributed by atoms with E-state index in [9.17, 15) is 0 Å². The summed E-state index contributed by atoms with van der Waals surface area (Å²) >= 11 is 0. The minimum absolute atomic E-state index is 0. The SMILES string of the molecule is CN=C(NCCc1nccn1Cc1ccccc1)NC(C)COC.I. The molecule has 0 aliphatic heterocycles. The first-order valence-electron chi connectivity index (χ1n) is 8.23. The molecule has 0 bridgehead atoms. The van der Waals surface area contributed by atoms with Crippen LogP contribution in [0.2, 0.25) is 0 Å². The van der Waals surface area contributed by atoms with Gasteiger partial charge in [-0.25, -0.2) is 4.98 Å². The maximum Gasteiger partial charge on any atom is 0.191 e. The van der Waals surface area contributed by atoms with E-state index < -0.39 is 0 Å². The van der Waals surface area contributed by atoms with E-state index >= 15 is 0 Å². The van der Waals surface area contributed by atoms with Crippen molar-refractivity contribution in [2.75, 3.05) is 27.3 Å². The average molecular weight is 457 g/mol. The van der Waals surface area contributed by atoms with Crippen molar-refractivity contribution in [2.45, 2.75) is 25.9 Å². The molecule has 1 heterocycles. The molecule has 0 fully saturated rings. The van der Waals surface area contributed by atoms with E-state index in [4.69, 9.17) is 4.74 Å². The fourth-order valence-corrected chi connectivity index (χ4v) is 2.50. The fraction of sp³-hybridized carbons (Fsp3) is 0.444. The molecule has 0 aliphatic carbocycles. The number of methoxy groups -OCH3 is 1. The van der Waals surface area contributed by atoms with Crippen LogP contribution in [0.4, 0.5) is 0 Å². The lowest BCUT2D eigenvalue weighted by Crippen LogP contribution is -2.44. The minimum Gasteiger partial charge on any atom is -0.383 e. The second kappa shape index (κ2) is 11.9. The van der Waals surface area contributed by atoms with Crippen molar-refractivity contribution < 1.29 is 4.74 Å². The Morgan fingerprint density at radius 2 is 2.08 bits per heavy atom. The fourth-order valence-electron chi connectivity index (χ4n) is 2.50. The van der Waals surface area contributed by atoms with Gasteiger partial charge in [0, 0.05) is 52.1 Å². The van der Waals surface area contributed by atoms with Gasteiger partial charge in [-0.2, -0.15) is 0 Å². The molecular weight excluding hydrogens is 429 g/mol. The zero-order valence-electron chi connectivity index (χ0n) is 15.1. The number of hydrogen-bond donors (Lipinski definition) is 2. The standard InChI is InChI=1S/C18H27N5O.HI/c1-15(14-24-3)22-18(19-2)21-10-9-17-20-11-12-23(17)13-16-7-5-4-6-8-16;/h4-8,11-12,15H,9-10,13-14H2,1-3H3,(H2,19,21,22);1H. The van der Waals surface area contributed by atoms with Crippen molar-refractivity contribution in [3.05, 3.63) is 54.1 Å². The molecule has 0 aliphatic rings. The minimum atomic E-state index is 0. The van der Waals surface area contributed by atoms with Gasteiger partial charge in [-0.3, -0.25) is 4.99 Å². The number of nitrogens with one attached hydrogen (secondary N) is 2. The number of benzene rings is 1. The number of rotatable bonds is 8. The second-order valence-electron chi connectivity index (χ2n) is 5.71. The van der Waals surface area contributed by atoms with Crippen LogP contribution in [0.1, 0.15) is 18.3 Å². The highest BCUT2D eigenvalue weighted by atomic mass is 127. The van der Waals surface area contributed by atoms with Gasteiger partial charge in [0.25, 0.3) is 0 Å². The van der Waals surface area contributed by atoms with Gasteiger partial charge in [0.1, 0.15) is 5.82 Å². The van der Waals surface area contributed by atoms with E-state index in [2.05, 4.69) is 56.4 Å². The maximum absolute atomic E-state index is 5.13. The zero-order chi connectivity index (χ0) is 17.2. The molecule has 138 valence electrons. The van der Waals surface area contributed by atoms with Gasteiger partial charge in [-0.15, -0.1) is 24.0 Å². The molecule has 2 N–H and O–H groups in total. The maximum atomic E-state index is 5.13. The lowest BCUT2D eigenvalue weighted by Gasteiger charge is -2.17. The number of nitrogens with zero attached hydrogens (tertiary/aromatic N) is 3. The first kappa shape index (κ1) is 21.4. The van der Waals surface area contributed by atoms with E-state index in [1.165, 1.54) is 5.56 Å². The summed E-state index contributed by atoms with van der Waals surface area (Å²) in [5.41, 5.74) is 1.27. The molecule has 0 amide bonds. The van der Waals surface area contributed by atoms with Crippen LogP contribution in [0.15, 0.2) is 47.7 Å². The van der Waals surface area contributed by atoms with Crippen LogP contribution in [-0.2, 0) is 17.7 Å². The predicted molar refractivity (Wildman–Crippen MR) is 113 cm³/mol. The topological polar surface area (TPSA) is 63.5 Å². The molecule has 0 saturated heterocycles. The number of hydrogen-bond acceptors (Lipinski definition) is 3. The van der Waals surface area contributed by atoms with Crippen molar-refractivity contribution in [1.82, 2.24) is 20.2 Å². The number of aromatic nitrogens is 2. The van der Waals surface area contributed by atoms with Gasteiger partial charge in [0.05, 0.1) is 6.61 Å². The summed E-state index contributed by atoms with van der Waals surface area (Å²) in [5.74, 6) is 1.84. The Labute approximate surface area is 167 Å². The first-order chi connectivity index (χ1) is 11.7. The van der Waals surface area contributed by atoms with Crippen LogP contribution in [0.5, 0.6) is 0 Å². The van der Waals surface area contributed by atoms with Gasteiger partial charge < -0.3 is 19.9 Å². The number of imidazole rings is 1. The Morgan fingerprint density at radius 1 is 1.32 bits per heavy atom. The van der Waals surface area contributed by atoms with E-state index in [0.29, 0.717) is 6.61 Å². The Bertz CT molecular complexity index is 629. The predicted octanol–water partition coefficient (Wildman–Crippen LogP) is 2.29. The molecule has 2 rings (SSSR count). The normalized spacial score (nSPS) is 12.4. The Morgan fingerprint density at radius 3 is 2.76 bits per heavy atom. The van der Waals surface area contributed by atoms with Gasteiger partial charge >= 0.3 is 0 Å². The zero-order valence-corrected chi connectivity index (χ0v) is 17.4. The van der Waals surface area contributed by atoms with Gasteiger partial charge in [0.2, 0.25) is 0 Å². The largest absolute Gasteiger partial charge is 0.383 e. The smallest absolute Gasteiger partial charge is 0.191 e. The molecule has 2 aromatic rings. The van der Waals surface area contributed by atoms with Gasteiger partial charge in [-0.1, -0.05) is 30.3 Å². The summed E-state index contributed by atoms with van der Waals surface area (Å²) in [6.07, 6.45) is 4.71. The number of halogens is 1. The number of ether oxygens (including phenoxy) is 1. The molecule has 0 spiro atoms. The molecule has 0 radical (unpaired) electrons. The summed E-state index contributed by atoms with van der Waals surface area (Å²) < 4.78 is 7.31. The van der Waals surface area contributed by atoms with E-state index in [-0.39, 0.29) is 30.0 Å². The molecule has 1 unspecified atom stereocenters. The summed E-state index contributed by atoms with van der Waals surface area (Å²) in [6.45, 7) is 4.31. The average Bonchev–Trinajstić information content (AvgIpc) is 3.02. The lowest BCUT2D eigenvalue weighted by molar-refractivity contribution is 0.179. The third kappa shape index (κ3) is 7.43. The number of guanidine groups is 1. The third-order valence-corrected chi connectivity index (χ3v) is 3.66. The van der Waals surface area contributed by atoms with E-state index in [0.717, 1.165) is 31.3 Å². The highest BCUT2D eigenvalue weighted by molar-refractivity contribution is 14.0. The first-order valence-corrected chi connectivity index (χ1v) is 8.23. The van der Waals surface area contributed by atoms with Crippen molar-refractivity contribution in [3.8, 4) is 0 Å². The van der Waals surface area contributed by atoms with Crippen molar-refractivity contribution >= 4 is 29.9 Å². The Kier molecular flexibility index (Phi) is 10.2.